The molecular formula is C19H19N3O4S. The monoisotopic (exact) mass is 385 g/mol. The predicted molar refractivity (Wildman–Crippen MR) is 107 cm³/mol. The van der Waals surface area contributed by atoms with Crippen molar-refractivity contribution < 1.29 is 19.1 Å². The Morgan fingerprint density at radius 3 is 2.30 bits per heavy atom. The molecule has 0 aliphatic carbocycles. The number of rotatable bonds is 5. The van der Waals surface area contributed by atoms with Gasteiger partial charge < -0.3 is 15.4 Å². The summed E-state index contributed by atoms with van der Waals surface area (Å²) in [6.07, 6.45) is -0.701. The second-order valence-electron chi connectivity index (χ2n) is 5.44. The summed E-state index contributed by atoms with van der Waals surface area (Å²) in [6.45, 7) is 3.23. The Morgan fingerprint density at radius 2 is 1.67 bits per heavy atom. The Hall–Kier alpha value is -3.26. The molecule has 2 aromatic carbocycles. The largest absolute Gasteiger partial charge is 0.450 e. The van der Waals surface area contributed by atoms with Gasteiger partial charge >= 0.3 is 6.09 Å². The summed E-state index contributed by atoms with van der Waals surface area (Å²) in [6, 6.07) is 13.5. The highest BCUT2D eigenvalue weighted by Crippen LogP contribution is 2.25. The van der Waals surface area contributed by atoms with Crippen molar-refractivity contribution in [2.45, 2.75) is 13.8 Å². The van der Waals surface area contributed by atoms with Gasteiger partial charge in [0.2, 0.25) is 5.91 Å². The molecule has 0 aromatic heterocycles. The van der Waals surface area contributed by atoms with Crippen LogP contribution in [0, 0.1) is 0 Å². The molecule has 7 nitrogen and oxygen atoms in total. The summed E-state index contributed by atoms with van der Waals surface area (Å²) in [5, 5.41) is 7.78. The van der Waals surface area contributed by atoms with Crippen LogP contribution in [0.4, 0.5) is 16.2 Å². The molecule has 0 saturated heterocycles. The molecule has 0 saturated carbocycles. The molecule has 2 aromatic rings. The fourth-order valence-corrected chi connectivity index (χ4v) is 2.45. The maximum absolute atomic E-state index is 12.6. The third-order valence-electron chi connectivity index (χ3n) is 3.37. The number of carbonyl (C=O) groups is 3. The molecule has 0 aliphatic heterocycles. The van der Waals surface area contributed by atoms with Gasteiger partial charge in [-0.2, -0.15) is 0 Å². The first-order valence-electron chi connectivity index (χ1n) is 8.17. The number of anilines is 2. The Morgan fingerprint density at radius 1 is 0.963 bits per heavy atom. The van der Waals surface area contributed by atoms with E-state index in [2.05, 4.69) is 16.0 Å². The van der Waals surface area contributed by atoms with Gasteiger partial charge in [-0.05, 0) is 37.3 Å². The molecule has 0 heterocycles. The van der Waals surface area contributed by atoms with Crippen LogP contribution >= 0.6 is 12.2 Å². The fraction of sp³-hybridized carbons (Fsp3) is 0.158. The van der Waals surface area contributed by atoms with Crippen molar-refractivity contribution in [2.24, 2.45) is 0 Å². The van der Waals surface area contributed by atoms with Crippen LogP contribution in [0.1, 0.15) is 29.8 Å². The van der Waals surface area contributed by atoms with Crippen LogP contribution in [-0.2, 0) is 9.53 Å². The zero-order valence-electron chi connectivity index (χ0n) is 14.9. The van der Waals surface area contributed by atoms with Crippen LogP contribution in [0.25, 0.3) is 0 Å². The Kier molecular flexibility index (Phi) is 7.01. The van der Waals surface area contributed by atoms with Crippen molar-refractivity contribution in [2.75, 3.05) is 17.2 Å². The van der Waals surface area contributed by atoms with Gasteiger partial charge in [0.1, 0.15) is 0 Å². The Balaban J connectivity index is 2.28. The van der Waals surface area contributed by atoms with Crippen molar-refractivity contribution in [3.8, 4) is 0 Å². The highest BCUT2D eigenvalue weighted by atomic mass is 32.1. The maximum atomic E-state index is 12.6. The van der Waals surface area contributed by atoms with Crippen LogP contribution in [-0.4, -0.2) is 29.5 Å². The SMILES string of the molecule is CCOC(=O)NC(=S)Nc1cc(C(=O)c2ccccc2)ccc1NC(C)=O. The van der Waals surface area contributed by atoms with Crippen molar-refractivity contribution in [1.29, 1.82) is 0 Å². The molecule has 0 bridgehead atoms. The summed E-state index contributed by atoms with van der Waals surface area (Å²) in [5.74, 6) is -0.471. The van der Waals surface area contributed by atoms with Gasteiger partial charge in [-0.25, -0.2) is 4.79 Å². The Labute approximate surface area is 162 Å². The standard InChI is InChI=1S/C19H19N3O4S/c1-3-26-19(25)22-18(27)21-16-11-14(9-10-15(16)20-12(2)23)17(24)13-7-5-4-6-8-13/h4-11H,3H2,1-2H3,(H,20,23)(H2,21,22,25,27). The molecule has 0 fully saturated rings. The van der Waals surface area contributed by atoms with E-state index in [1.807, 2.05) is 6.07 Å². The molecule has 3 N–H and O–H groups in total. The second kappa shape index (κ2) is 9.44. The lowest BCUT2D eigenvalue weighted by Crippen LogP contribution is -2.34. The Bertz CT molecular complexity index is 869. The van der Waals surface area contributed by atoms with E-state index in [0.29, 0.717) is 22.5 Å². The highest BCUT2D eigenvalue weighted by Gasteiger charge is 2.14. The number of alkyl carbamates (subject to hydrolysis) is 1. The van der Waals surface area contributed by atoms with E-state index in [1.54, 1.807) is 49.4 Å². The first-order valence-corrected chi connectivity index (χ1v) is 8.57. The molecule has 0 spiro atoms. The minimum Gasteiger partial charge on any atom is -0.450 e. The maximum Gasteiger partial charge on any atom is 0.413 e. The minimum absolute atomic E-state index is 0.0237. The van der Waals surface area contributed by atoms with Gasteiger partial charge in [0, 0.05) is 18.1 Å². The lowest BCUT2D eigenvalue weighted by Gasteiger charge is -2.15. The van der Waals surface area contributed by atoms with Gasteiger partial charge in [0.25, 0.3) is 0 Å². The molecule has 2 rings (SSSR count). The number of nitrogens with one attached hydrogen (secondary N) is 3. The number of hydrogen-bond donors (Lipinski definition) is 3. The van der Waals surface area contributed by atoms with E-state index < -0.39 is 6.09 Å². The third kappa shape index (κ3) is 5.89. The van der Waals surface area contributed by atoms with Crippen molar-refractivity contribution in [3.63, 3.8) is 0 Å². The first kappa shape index (κ1) is 20.1. The van der Waals surface area contributed by atoms with Crippen LogP contribution in [0.2, 0.25) is 0 Å². The van der Waals surface area contributed by atoms with Gasteiger partial charge in [-0.1, -0.05) is 30.3 Å². The smallest absolute Gasteiger partial charge is 0.413 e. The van der Waals surface area contributed by atoms with Crippen LogP contribution in [0.3, 0.4) is 0 Å². The van der Waals surface area contributed by atoms with Crippen LogP contribution in [0.15, 0.2) is 48.5 Å². The lowest BCUT2D eigenvalue weighted by molar-refractivity contribution is -0.114. The van der Waals surface area contributed by atoms with Crippen LogP contribution in [0.5, 0.6) is 0 Å². The summed E-state index contributed by atoms with van der Waals surface area (Å²) in [4.78, 5) is 35.6. The van der Waals surface area contributed by atoms with E-state index in [-0.39, 0.29) is 23.4 Å². The molecule has 0 unspecified atom stereocenters. The van der Waals surface area contributed by atoms with E-state index in [4.69, 9.17) is 17.0 Å². The molecule has 2 amide bonds. The number of hydrogen-bond acceptors (Lipinski definition) is 5. The summed E-state index contributed by atoms with van der Waals surface area (Å²) < 4.78 is 4.76. The van der Waals surface area contributed by atoms with Gasteiger partial charge in [-0.15, -0.1) is 0 Å². The zero-order valence-corrected chi connectivity index (χ0v) is 15.7. The average molecular weight is 385 g/mol. The lowest BCUT2D eigenvalue weighted by atomic mass is 10.0. The topological polar surface area (TPSA) is 96.5 Å². The summed E-state index contributed by atoms with van der Waals surface area (Å²) in [5.41, 5.74) is 1.72. The molecule has 0 radical (unpaired) electrons. The van der Waals surface area contributed by atoms with E-state index >= 15 is 0 Å². The molecule has 8 heteroatoms. The molecule has 27 heavy (non-hydrogen) atoms. The third-order valence-corrected chi connectivity index (χ3v) is 3.57. The number of thiocarbonyl (C=S) groups is 1. The van der Waals surface area contributed by atoms with Crippen molar-refractivity contribution >= 4 is 46.5 Å². The van der Waals surface area contributed by atoms with Crippen molar-refractivity contribution in [1.82, 2.24) is 5.32 Å². The number of carbonyl (C=O) groups excluding carboxylic acids is 3. The van der Waals surface area contributed by atoms with Crippen molar-refractivity contribution in [3.05, 3.63) is 59.7 Å². The second-order valence-corrected chi connectivity index (χ2v) is 5.84. The van der Waals surface area contributed by atoms with E-state index in [0.717, 1.165) is 0 Å². The molecule has 0 atom stereocenters. The first-order chi connectivity index (χ1) is 12.9. The quantitative estimate of drug-likeness (QED) is 0.540. The normalized spacial score (nSPS) is 9.85. The van der Waals surface area contributed by atoms with Gasteiger partial charge in [0.05, 0.1) is 18.0 Å². The zero-order chi connectivity index (χ0) is 19.8. The summed E-state index contributed by atoms with van der Waals surface area (Å²) in [7, 11) is 0. The molecule has 140 valence electrons. The van der Waals surface area contributed by atoms with Crippen LogP contribution < -0.4 is 16.0 Å². The van der Waals surface area contributed by atoms with E-state index in [1.165, 1.54) is 6.92 Å². The fourth-order valence-electron chi connectivity index (χ4n) is 2.26. The average Bonchev–Trinajstić information content (AvgIpc) is 2.63. The number of ketones is 1. The van der Waals surface area contributed by atoms with Gasteiger partial charge in [-0.3, -0.25) is 14.9 Å². The number of amides is 2. The molecular weight excluding hydrogens is 366 g/mol. The number of benzene rings is 2. The predicted octanol–water partition coefficient (Wildman–Crippen LogP) is 3.32. The molecule has 0 aliphatic rings. The minimum atomic E-state index is -0.701. The van der Waals surface area contributed by atoms with Gasteiger partial charge in [0.15, 0.2) is 10.9 Å². The highest BCUT2D eigenvalue weighted by molar-refractivity contribution is 7.80. The number of ether oxygens (including phenoxy) is 1. The summed E-state index contributed by atoms with van der Waals surface area (Å²) >= 11 is 5.08. The van der Waals surface area contributed by atoms with E-state index in [9.17, 15) is 14.4 Å².